The van der Waals surface area contributed by atoms with Gasteiger partial charge in [-0.2, -0.15) is 0 Å². The second-order valence-electron chi connectivity index (χ2n) is 6.68. The highest BCUT2D eigenvalue weighted by molar-refractivity contribution is 6.07. The van der Waals surface area contributed by atoms with E-state index < -0.39 is 0 Å². The SMILES string of the molecule is CCN(c1cccc(C)c1)c1cc(C(=O)Nc2cccc3cccnc23)ncn1. The summed E-state index contributed by atoms with van der Waals surface area (Å²) in [6, 6.07) is 19.4. The number of carbonyl (C=O) groups excluding carboxylic acids is 1. The van der Waals surface area contributed by atoms with Crippen molar-refractivity contribution in [3.63, 3.8) is 0 Å². The molecule has 0 atom stereocenters. The number of benzene rings is 2. The summed E-state index contributed by atoms with van der Waals surface area (Å²) in [5, 5.41) is 3.89. The molecule has 2 aromatic carbocycles. The van der Waals surface area contributed by atoms with Crippen molar-refractivity contribution in [3.8, 4) is 0 Å². The number of carbonyl (C=O) groups is 1. The van der Waals surface area contributed by atoms with E-state index in [4.69, 9.17) is 0 Å². The number of amides is 1. The Hall–Kier alpha value is -3.80. The maximum atomic E-state index is 12.9. The number of nitrogens with one attached hydrogen (secondary N) is 1. The van der Waals surface area contributed by atoms with Crippen LogP contribution in [0.4, 0.5) is 17.2 Å². The summed E-state index contributed by atoms with van der Waals surface area (Å²) in [6.07, 6.45) is 3.13. The normalized spacial score (nSPS) is 10.7. The molecule has 0 radical (unpaired) electrons. The number of para-hydroxylation sites is 1. The molecular weight excluding hydrogens is 362 g/mol. The fourth-order valence-electron chi connectivity index (χ4n) is 3.28. The Morgan fingerprint density at radius 3 is 2.66 bits per heavy atom. The van der Waals surface area contributed by atoms with Crippen LogP contribution in [0.1, 0.15) is 23.0 Å². The topological polar surface area (TPSA) is 71.0 Å². The molecule has 4 aromatic rings. The predicted molar refractivity (Wildman–Crippen MR) is 116 cm³/mol. The van der Waals surface area contributed by atoms with Gasteiger partial charge < -0.3 is 10.2 Å². The van der Waals surface area contributed by atoms with Gasteiger partial charge in [-0.25, -0.2) is 9.97 Å². The van der Waals surface area contributed by atoms with Crippen molar-refractivity contribution in [2.45, 2.75) is 13.8 Å². The molecule has 2 heterocycles. The maximum absolute atomic E-state index is 12.9. The Morgan fingerprint density at radius 2 is 1.83 bits per heavy atom. The van der Waals surface area contributed by atoms with Gasteiger partial charge in [-0.3, -0.25) is 9.78 Å². The molecule has 6 nitrogen and oxygen atoms in total. The summed E-state index contributed by atoms with van der Waals surface area (Å²) in [5.41, 5.74) is 3.88. The first kappa shape index (κ1) is 18.6. The number of aromatic nitrogens is 3. The van der Waals surface area contributed by atoms with Crippen LogP contribution in [0.3, 0.4) is 0 Å². The Balaban J connectivity index is 1.63. The zero-order valence-corrected chi connectivity index (χ0v) is 16.3. The lowest BCUT2D eigenvalue weighted by atomic mass is 10.2. The van der Waals surface area contributed by atoms with Crippen LogP contribution in [0, 0.1) is 6.92 Å². The van der Waals surface area contributed by atoms with Gasteiger partial charge in [-0.1, -0.05) is 30.3 Å². The molecule has 144 valence electrons. The minimum absolute atomic E-state index is 0.299. The van der Waals surface area contributed by atoms with Gasteiger partial charge in [-0.05, 0) is 43.7 Å². The lowest BCUT2D eigenvalue weighted by molar-refractivity contribution is 0.102. The van der Waals surface area contributed by atoms with Crippen LogP contribution in [0.2, 0.25) is 0 Å². The number of hydrogen-bond donors (Lipinski definition) is 1. The average molecular weight is 383 g/mol. The van der Waals surface area contributed by atoms with Crippen LogP contribution in [0.5, 0.6) is 0 Å². The van der Waals surface area contributed by atoms with Crippen molar-refractivity contribution in [1.82, 2.24) is 15.0 Å². The lowest BCUT2D eigenvalue weighted by Gasteiger charge is -2.22. The number of anilines is 3. The van der Waals surface area contributed by atoms with Crippen molar-refractivity contribution in [3.05, 3.63) is 84.4 Å². The van der Waals surface area contributed by atoms with Crippen molar-refractivity contribution < 1.29 is 4.79 Å². The predicted octanol–water partition coefficient (Wildman–Crippen LogP) is 4.74. The van der Waals surface area contributed by atoms with Gasteiger partial charge in [0.2, 0.25) is 0 Å². The molecule has 1 N–H and O–H groups in total. The maximum Gasteiger partial charge on any atom is 0.274 e. The van der Waals surface area contributed by atoms with Crippen molar-refractivity contribution in [2.75, 3.05) is 16.8 Å². The zero-order chi connectivity index (χ0) is 20.2. The molecule has 0 spiro atoms. The molecule has 0 aliphatic carbocycles. The molecule has 0 saturated carbocycles. The minimum atomic E-state index is -0.299. The Morgan fingerprint density at radius 1 is 1.00 bits per heavy atom. The summed E-state index contributed by atoms with van der Waals surface area (Å²) in [4.78, 5) is 27.8. The van der Waals surface area contributed by atoms with E-state index in [0.29, 0.717) is 17.2 Å². The third kappa shape index (κ3) is 3.91. The van der Waals surface area contributed by atoms with Crippen LogP contribution in [-0.4, -0.2) is 27.4 Å². The smallest absolute Gasteiger partial charge is 0.274 e. The van der Waals surface area contributed by atoms with Crippen molar-refractivity contribution in [1.29, 1.82) is 0 Å². The van der Waals surface area contributed by atoms with Crippen LogP contribution in [0.15, 0.2) is 73.2 Å². The summed E-state index contributed by atoms with van der Waals surface area (Å²) >= 11 is 0. The van der Waals surface area contributed by atoms with Crippen LogP contribution >= 0.6 is 0 Å². The average Bonchev–Trinajstić information content (AvgIpc) is 2.75. The largest absolute Gasteiger partial charge is 0.327 e. The molecular formula is C23H21N5O. The van der Waals surface area contributed by atoms with E-state index in [1.807, 2.05) is 54.3 Å². The Bertz CT molecular complexity index is 1170. The summed E-state index contributed by atoms with van der Waals surface area (Å²) < 4.78 is 0. The van der Waals surface area contributed by atoms with E-state index in [1.54, 1.807) is 12.3 Å². The molecule has 0 aliphatic heterocycles. The first-order valence-corrected chi connectivity index (χ1v) is 9.47. The summed E-state index contributed by atoms with van der Waals surface area (Å²) in [5.74, 6) is 0.376. The van der Waals surface area contributed by atoms with Gasteiger partial charge in [-0.15, -0.1) is 0 Å². The van der Waals surface area contributed by atoms with E-state index in [2.05, 4.69) is 39.3 Å². The lowest BCUT2D eigenvalue weighted by Crippen LogP contribution is -2.20. The minimum Gasteiger partial charge on any atom is -0.327 e. The second kappa shape index (κ2) is 8.06. The highest BCUT2D eigenvalue weighted by Crippen LogP contribution is 2.25. The third-order valence-corrected chi connectivity index (χ3v) is 4.67. The first-order chi connectivity index (χ1) is 14.2. The van der Waals surface area contributed by atoms with Gasteiger partial charge in [0.15, 0.2) is 0 Å². The zero-order valence-electron chi connectivity index (χ0n) is 16.3. The van der Waals surface area contributed by atoms with Crippen LogP contribution in [-0.2, 0) is 0 Å². The van der Waals surface area contributed by atoms with E-state index in [-0.39, 0.29) is 5.91 Å². The molecule has 1 amide bonds. The van der Waals surface area contributed by atoms with E-state index in [9.17, 15) is 4.79 Å². The van der Waals surface area contributed by atoms with Crippen molar-refractivity contribution >= 4 is 34.0 Å². The molecule has 0 saturated heterocycles. The Labute approximate surface area is 169 Å². The number of aryl methyl sites for hydroxylation is 1. The van der Waals surface area contributed by atoms with Gasteiger partial charge >= 0.3 is 0 Å². The number of nitrogens with zero attached hydrogens (tertiary/aromatic N) is 4. The number of hydrogen-bond acceptors (Lipinski definition) is 5. The second-order valence-corrected chi connectivity index (χ2v) is 6.68. The number of fused-ring (bicyclic) bond motifs is 1. The molecule has 29 heavy (non-hydrogen) atoms. The molecule has 0 bridgehead atoms. The fraction of sp³-hybridized carbons (Fsp3) is 0.130. The summed E-state index contributed by atoms with van der Waals surface area (Å²) in [6.45, 7) is 4.81. The molecule has 0 aliphatic rings. The molecule has 0 fully saturated rings. The molecule has 2 aromatic heterocycles. The standard InChI is InChI=1S/C23H21N5O/c1-3-28(18-10-4-7-16(2)13-18)21-14-20(25-15-26-21)23(29)27-19-11-5-8-17-9-6-12-24-22(17)19/h4-15H,3H2,1-2H3,(H,27,29). The van der Waals surface area contributed by atoms with Crippen molar-refractivity contribution in [2.24, 2.45) is 0 Å². The summed E-state index contributed by atoms with van der Waals surface area (Å²) in [7, 11) is 0. The molecule has 4 rings (SSSR count). The first-order valence-electron chi connectivity index (χ1n) is 9.47. The van der Waals surface area contributed by atoms with E-state index in [0.717, 1.165) is 28.7 Å². The van der Waals surface area contributed by atoms with Crippen LogP contribution < -0.4 is 10.2 Å². The van der Waals surface area contributed by atoms with Gasteiger partial charge in [0.1, 0.15) is 17.8 Å². The van der Waals surface area contributed by atoms with E-state index >= 15 is 0 Å². The number of rotatable bonds is 5. The monoisotopic (exact) mass is 383 g/mol. The Kier molecular flexibility index (Phi) is 5.16. The van der Waals surface area contributed by atoms with E-state index in [1.165, 1.54) is 6.33 Å². The number of pyridine rings is 1. The highest BCUT2D eigenvalue weighted by Gasteiger charge is 2.15. The fourth-order valence-corrected chi connectivity index (χ4v) is 3.28. The van der Waals surface area contributed by atoms with Gasteiger partial charge in [0.25, 0.3) is 5.91 Å². The third-order valence-electron chi connectivity index (χ3n) is 4.67. The molecule has 0 unspecified atom stereocenters. The molecule has 6 heteroatoms. The highest BCUT2D eigenvalue weighted by atomic mass is 16.1. The van der Waals surface area contributed by atoms with Gasteiger partial charge in [0.05, 0.1) is 11.2 Å². The quantitative estimate of drug-likeness (QED) is 0.539. The van der Waals surface area contributed by atoms with Crippen LogP contribution in [0.25, 0.3) is 10.9 Å². The van der Waals surface area contributed by atoms with Gasteiger partial charge in [0, 0.05) is 29.9 Å².